The minimum Gasteiger partial charge on any atom is -0.481 e. The van der Waals surface area contributed by atoms with Crippen molar-refractivity contribution in [3.05, 3.63) is 34.3 Å². The van der Waals surface area contributed by atoms with Gasteiger partial charge in [0.15, 0.2) is 0 Å². The summed E-state index contributed by atoms with van der Waals surface area (Å²) >= 11 is 3.44. The molecule has 0 amide bonds. The maximum absolute atomic E-state index is 11.1. The van der Waals surface area contributed by atoms with Gasteiger partial charge in [-0.3, -0.25) is 4.79 Å². The molecular formula is C13H15BrO2. The molecule has 0 radical (unpaired) electrons. The van der Waals surface area contributed by atoms with E-state index in [-0.39, 0.29) is 5.92 Å². The number of aliphatic carboxylic acids is 1. The first-order valence-corrected chi connectivity index (χ1v) is 6.43. The molecule has 0 spiro atoms. The van der Waals surface area contributed by atoms with Crippen LogP contribution in [0.15, 0.2) is 28.7 Å². The summed E-state index contributed by atoms with van der Waals surface area (Å²) in [4.78, 5) is 11.1. The van der Waals surface area contributed by atoms with Gasteiger partial charge < -0.3 is 5.11 Å². The Morgan fingerprint density at radius 2 is 2.25 bits per heavy atom. The topological polar surface area (TPSA) is 37.3 Å². The lowest BCUT2D eigenvalue weighted by Crippen LogP contribution is -2.19. The molecular weight excluding hydrogens is 268 g/mol. The lowest BCUT2D eigenvalue weighted by Gasteiger charge is -2.15. The monoisotopic (exact) mass is 282 g/mol. The second-order valence-electron chi connectivity index (χ2n) is 4.47. The van der Waals surface area contributed by atoms with E-state index in [9.17, 15) is 4.79 Å². The van der Waals surface area contributed by atoms with Crippen LogP contribution in [-0.2, 0) is 11.2 Å². The normalized spacial score (nSPS) is 24.6. The highest BCUT2D eigenvalue weighted by Crippen LogP contribution is 2.34. The van der Waals surface area contributed by atoms with E-state index in [1.807, 2.05) is 12.1 Å². The van der Waals surface area contributed by atoms with Crippen molar-refractivity contribution in [1.82, 2.24) is 0 Å². The molecule has 1 aromatic rings. The van der Waals surface area contributed by atoms with Gasteiger partial charge in [-0.2, -0.15) is 0 Å². The highest BCUT2D eigenvalue weighted by atomic mass is 79.9. The molecule has 3 heteroatoms. The summed E-state index contributed by atoms with van der Waals surface area (Å²) in [6, 6.07) is 8.15. The summed E-state index contributed by atoms with van der Waals surface area (Å²) in [5, 5.41) is 9.11. The molecule has 2 atom stereocenters. The molecule has 2 nitrogen and oxygen atoms in total. The van der Waals surface area contributed by atoms with Crippen LogP contribution < -0.4 is 0 Å². The fourth-order valence-corrected chi connectivity index (χ4v) is 3.02. The Labute approximate surface area is 104 Å². The van der Waals surface area contributed by atoms with Gasteiger partial charge in [0.1, 0.15) is 0 Å². The van der Waals surface area contributed by atoms with Crippen LogP contribution in [-0.4, -0.2) is 11.1 Å². The Kier molecular flexibility index (Phi) is 3.64. The Hall–Kier alpha value is -0.830. The van der Waals surface area contributed by atoms with Crippen molar-refractivity contribution >= 4 is 21.9 Å². The van der Waals surface area contributed by atoms with Crippen molar-refractivity contribution in [2.75, 3.05) is 0 Å². The van der Waals surface area contributed by atoms with Gasteiger partial charge in [-0.05, 0) is 42.9 Å². The molecule has 1 saturated carbocycles. The molecule has 1 aliphatic rings. The first-order chi connectivity index (χ1) is 7.66. The minimum atomic E-state index is -0.627. The summed E-state index contributed by atoms with van der Waals surface area (Å²) in [7, 11) is 0. The van der Waals surface area contributed by atoms with E-state index in [2.05, 4.69) is 28.1 Å². The predicted molar refractivity (Wildman–Crippen MR) is 66.3 cm³/mol. The van der Waals surface area contributed by atoms with Crippen LogP contribution in [0.25, 0.3) is 0 Å². The quantitative estimate of drug-likeness (QED) is 0.922. The molecule has 0 aromatic heterocycles. The molecule has 0 heterocycles. The lowest BCUT2D eigenvalue weighted by molar-refractivity contribution is -0.142. The maximum atomic E-state index is 11.1. The van der Waals surface area contributed by atoms with Crippen LogP contribution >= 0.6 is 15.9 Å². The summed E-state index contributed by atoms with van der Waals surface area (Å²) in [5.41, 5.74) is 1.23. The largest absolute Gasteiger partial charge is 0.481 e. The zero-order chi connectivity index (χ0) is 11.5. The third-order valence-electron chi connectivity index (χ3n) is 3.36. The molecule has 16 heavy (non-hydrogen) atoms. The van der Waals surface area contributed by atoms with Crippen LogP contribution in [0.3, 0.4) is 0 Å². The number of benzene rings is 1. The fraction of sp³-hybridized carbons (Fsp3) is 0.462. The maximum Gasteiger partial charge on any atom is 0.306 e. The summed E-state index contributed by atoms with van der Waals surface area (Å²) in [6.45, 7) is 0. The lowest BCUT2D eigenvalue weighted by atomic mass is 9.90. The van der Waals surface area contributed by atoms with E-state index in [0.717, 1.165) is 30.2 Å². The molecule has 1 aromatic carbocycles. The van der Waals surface area contributed by atoms with Crippen molar-refractivity contribution in [2.45, 2.75) is 25.7 Å². The van der Waals surface area contributed by atoms with Crippen LogP contribution in [0.2, 0.25) is 0 Å². The molecule has 1 aliphatic carbocycles. The number of carbonyl (C=O) groups is 1. The molecule has 1 fully saturated rings. The van der Waals surface area contributed by atoms with E-state index < -0.39 is 5.97 Å². The average Bonchev–Trinajstić information content (AvgIpc) is 2.66. The van der Waals surface area contributed by atoms with Crippen molar-refractivity contribution < 1.29 is 9.90 Å². The summed E-state index contributed by atoms with van der Waals surface area (Å²) in [6.07, 6.45) is 3.82. The van der Waals surface area contributed by atoms with Gasteiger partial charge in [0, 0.05) is 4.47 Å². The van der Waals surface area contributed by atoms with Crippen molar-refractivity contribution in [3.8, 4) is 0 Å². The number of hydrogen-bond donors (Lipinski definition) is 1. The second kappa shape index (κ2) is 5.00. The SMILES string of the molecule is O=C(O)C1CCCC1Cc1cccc(Br)c1. The molecule has 0 saturated heterocycles. The first-order valence-electron chi connectivity index (χ1n) is 5.64. The van der Waals surface area contributed by atoms with Gasteiger partial charge in [-0.1, -0.05) is 34.5 Å². The number of carboxylic acid groups (broad SMARTS) is 1. The van der Waals surface area contributed by atoms with E-state index in [1.165, 1.54) is 5.56 Å². The van der Waals surface area contributed by atoms with E-state index in [4.69, 9.17) is 5.11 Å². The Morgan fingerprint density at radius 3 is 2.94 bits per heavy atom. The van der Waals surface area contributed by atoms with Crippen LogP contribution in [0, 0.1) is 11.8 Å². The second-order valence-corrected chi connectivity index (χ2v) is 5.39. The fourth-order valence-electron chi connectivity index (χ4n) is 2.57. The molecule has 2 rings (SSSR count). The predicted octanol–water partition coefficient (Wildman–Crippen LogP) is 3.49. The van der Waals surface area contributed by atoms with Gasteiger partial charge >= 0.3 is 5.97 Å². The van der Waals surface area contributed by atoms with Gasteiger partial charge in [0.05, 0.1) is 5.92 Å². The molecule has 2 unspecified atom stereocenters. The van der Waals surface area contributed by atoms with Gasteiger partial charge in [0.2, 0.25) is 0 Å². The third kappa shape index (κ3) is 2.64. The highest BCUT2D eigenvalue weighted by Gasteiger charge is 2.32. The van der Waals surface area contributed by atoms with Crippen LogP contribution in [0.5, 0.6) is 0 Å². The molecule has 86 valence electrons. The van der Waals surface area contributed by atoms with Crippen LogP contribution in [0.1, 0.15) is 24.8 Å². The Morgan fingerprint density at radius 1 is 1.44 bits per heavy atom. The van der Waals surface area contributed by atoms with E-state index >= 15 is 0 Å². The standard InChI is InChI=1S/C13H15BrO2/c14-11-5-1-3-9(8-11)7-10-4-2-6-12(10)13(15)16/h1,3,5,8,10,12H,2,4,6-7H2,(H,15,16). The average molecular weight is 283 g/mol. The first kappa shape index (κ1) is 11.6. The smallest absolute Gasteiger partial charge is 0.306 e. The Balaban J connectivity index is 2.06. The highest BCUT2D eigenvalue weighted by molar-refractivity contribution is 9.10. The Bertz CT molecular complexity index is 389. The van der Waals surface area contributed by atoms with Crippen LogP contribution in [0.4, 0.5) is 0 Å². The van der Waals surface area contributed by atoms with Crippen molar-refractivity contribution in [3.63, 3.8) is 0 Å². The van der Waals surface area contributed by atoms with E-state index in [0.29, 0.717) is 5.92 Å². The number of halogens is 1. The third-order valence-corrected chi connectivity index (χ3v) is 3.86. The van der Waals surface area contributed by atoms with Gasteiger partial charge in [0.25, 0.3) is 0 Å². The van der Waals surface area contributed by atoms with Gasteiger partial charge in [-0.25, -0.2) is 0 Å². The zero-order valence-electron chi connectivity index (χ0n) is 9.03. The number of hydrogen-bond acceptors (Lipinski definition) is 1. The van der Waals surface area contributed by atoms with Crippen molar-refractivity contribution in [2.24, 2.45) is 11.8 Å². The molecule has 1 N–H and O–H groups in total. The molecule has 0 aliphatic heterocycles. The summed E-state index contributed by atoms with van der Waals surface area (Å²) in [5.74, 6) is -0.455. The number of carboxylic acids is 1. The minimum absolute atomic E-state index is 0.140. The van der Waals surface area contributed by atoms with E-state index in [1.54, 1.807) is 0 Å². The molecule has 0 bridgehead atoms. The van der Waals surface area contributed by atoms with Gasteiger partial charge in [-0.15, -0.1) is 0 Å². The number of rotatable bonds is 3. The summed E-state index contributed by atoms with van der Waals surface area (Å²) < 4.78 is 1.06. The van der Waals surface area contributed by atoms with Crippen molar-refractivity contribution in [1.29, 1.82) is 0 Å². The zero-order valence-corrected chi connectivity index (χ0v) is 10.6.